The third kappa shape index (κ3) is 4.44. The van der Waals surface area contributed by atoms with Crippen molar-refractivity contribution >= 4 is 5.91 Å². The van der Waals surface area contributed by atoms with Crippen LogP contribution in [0.4, 0.5) is 0 Å². The number of nitrogens with zero attached hydrogens (tertiary/aromatic N) is 1. The molecule has 0 spiro atoms. The molecule has 1 rings (SSSR count). The maximum absolute atomic E-state index is 11.7. The van der Waals surface area contributed by atoms with Gasteiger partial charge in [-0.2, -0.15) is 0 Å². The lowest BCUT2D eigenvalue weighted by Crippen LogP contribution is -2.26. The second kappa shape index (κ2) is 7.63. The molecule has 0 heterocycles. The van der Waals surface area contributed by atoms with Gasteiger partial charge in [-0.15, -0.1) is 0 Å². The van der Waals surface area contributed by atoms with E-state index in [0.717, 1.165) is 5.56 Å². The van der Waals surface area contributed by atoms with Gasteiger partial charge < -0.3 is 19.5 Å². The maximum Gasteiger partial charge on any atom is 0.222 e. The van der Waals surface area contributed by atoms with E-state index in [1.165, 1.54) is 0 Å². The Morgan fingerprint density at radius 2 is 1.95 bits per heavy atom. The summed E-state index contributed by atoms with van der Waals surface area (Å²) in [7, 11) is 4.91. The van der Waals surface area contributed by atoms with Gasteiger partial charge in [0, 0.05) is 26.6 Å². The standard InChI is InChI=1S/C14H21NO4/c1-15(14(17)5-4-8-16)10-11-6-7-12(18-2)13(9-11)19-3/h6-7,9,16H,4-5,8,10H2,1-3H3. The van der Waals surface area contributed by atoms with Gasteiger partial charge >= 0.3 is 0 Å². The zero-order chi connectivity index (χ0) is 14.3. The van der Waals surface area contributed by atoms with Crippen molar-refractivity contribution in [3.05, 3.63) is 23.8 Å². The number of aliphatic hydroxyl groups excluding tert-OH is 1. The molecule has 0 aliphatic rings. The predicted octanol–water partition coefficient (Wildman–Crippen LogP) is 1.43. The van der Waals surface area contributed by atoms with Crippen LogP contribution in [0.1, 0.15) is 18.4 Å². The molecular formula is C14H21NO4. The molecule has 5 heteroatoms. The van der Waals surface area contributed by atoms with Crippen LogP contribution < -0.4 is 9.47 Å². The smallest absolute Gasteiger partial charge is 0.222 e. The Labute approximate surface area is 113 Å². The van der Waals surface area contributed by atoms with Crippen molar-refractivity contribution in [2.75, 3.05) is 27.9 Å². The lowest BCUT2D eigenvalue weighted by molar-refractivity contribution is -0.130. The number of carbonyl (C=O) groups is 1. The van der Waals surface area contributed by atoms with E-state index in [9.17, 15) is 4.79 Å². The highest BCUT2D eigenvalue weighted by atomic mass is 16.5. The van der Waals surface area contributed by atoms with Gasteiger partial charge in [-0.25, -0.2) is 0 Å². The van der Waals surface area contributed by atoms with Gasteiger partial charge in [0.25, 0.3) is 0 Å². The first kappa shape index (κ1) is 15.3. The Balaban J connectivity index is 2.68. The SMILES string of the molecule is COc1ccc(CN(C)C(=O)CCCO)cc1OC. The van der Waals surface area contributed by atoms with Gasteiger partial charge in [-0.3, -0.25) is 4.79 Å². The lowest BCUT2D eigenvalue weighted by Gasteiger charge is -2.18. The first-order valence-electron chi connectivity index (χ1n) is 6.18. The van der Waals surface area contributed by atoms with Gasteiger partial charge in [0.15, 0.2) is 11.5 Å². The van der Waals surface area contributed by atoms with Gasteiger partial charge in [-0.1, -0.05) is 6.07 Å². The number of ether oxygens (including phenoxy) is 2. The van der Waals surface area contributed by atoms with E-state index in [4.69, 9.17) is 14.6 Å². The minimum Gasteiger partial charge on any atom is -0.493 e. The zero-order valence-electron chi connectivity index (χ0n) is 11.7. The number of methoxy groups -OCH3 is 2. The Morgan fingerprint density at radius 1 is 1.26 bits per heavy atom. The van der Waals surface area contributed by atoms with E-state index in [-0.39, 0.29) is 12.5 Å². The molecule has 1 amide bonds. The summed E-state index contributed by atoms with van der Waals surface area (Å²) < 4.78 is 10.4. The summed E-state index contributed by atoms with van der Waals surface area (Å²) >= 11 is 0. The topological polar surface area (TPSA) is 59.0 Å². The predicted molar refractivity (Wildman–Crippen MR) is 72.3 cm³/mol. The first-order chi connectivity index (χ1) is 9.12. The first-order valence-corrected chi connectivity index (χ1v) is 6.18. The van der Waals surface area contributed by atoms with E-state index < -0.39 is 0 Å². The number of carbonyl (C=O) groups excluding carboxylic acids is 1. The monoisotopic (exact) mass is 267 g/mol. The van der Waals surface area contributed by atoms with E-state index in [1.807, 2.05) is 18.2 Å². The fraction of sp³-hybridized carbons (Fsp3) is 0.500. The molecule has 1 aromatic rings. The molecule has 0 bridgehead atoms. The van der Waals surface area contributed by atoms with Crippen LogP contribution >= 0.6 is 0 Å². The number of hydrogen-bond acceptors (Lipinski definition) is 4. The van der Waals surface area contributed by atoms with Crippen LogP contribution in [0.25, 0.3) is 0 Å². The van der Waals surface area contributed by atoms with Crippen molar-refractivity contribution in [1.29, 1.82) is 0 Å². The molecule has 0 atom stereocenters. The van der Waals surface area contributed by atoms with Gasteiger partial charge in [0.1, 0.15) is 0 Å². The molecular weight excluding hydrogens is 246 g/mol. The van der Waals surface area contributed by atoms with Gasteiger partial charge in [0.05, 0.1) is 14.2 Å². The summed E-state index contributed by atoms with van der Waals surface area (Å²) in [6, 6.07) is 5.58. The highest BCUT2D eigenvalue weighted by molar-refractivity contribution is 5.75. The van der Waals surface area contributed by atoms with E-state index in [0.29, 0.717) is 30.9 Å². The zero-order valence-corrected chi connectivity index (χ0v) is 11.7. The highest BCUT2D eigenvalue weighted by Crippen LogP contribution is 2.27. The van der Waals surface area contributed by atoms with Crippen molar-refractivity contribution in [3.63, 3.8) is 0 Å². The van der Waals surface area contributed by atoms with Gasteiger partial charge in [0.2, 0.25) is 5.91 Å². The number of hydrogen-bond donors (Lipinski definition) is 1. The van der Waals surface area contributed by atoms with Crippen LogP contribution in [-0.4, -0.2) is 43.8 Å². The van der Waals surface area contributed by atoms with Crippen LogP contribution in [0.5, 0.6) is 11.5 Å². The summed E-state index contributed by atoms with van der Waals surface area (Å²) in [5.41, 5.74) is 0.970. The maximum atomic E-state index is 11.7. The van der Waals surface area contributed by atoms with Gasteiger partial charge in [-0.05, 0) is 24.1 Å². The Hall–Kier alpha value is -1.75. The van der Waals surface area contributed by atoms with Crippen molar-refractivity contribution in [3.8, 4) is 11.5 Å². The molecule has 1 aromatic carbocycles. The number of rotatable bonds is 7. The van der Waals surface area contributed by atoms with Crippen molar-refractivity contribution < 1.29 is 19.4 Å². The minimum atomic E-state index is 0.0174. The van der Waals surface area contributed by atoms with Crippen molar-refractivity contribution in [2.45, 2.75) is 19.4 Å². The summed E-state index contributed by atoms with van der Waals surface area (Å²) in [4.78, 5) is 13.4. The summed E-state index contributed by atoms with van der Waals surface area (Å²) in [6.45, 7) is 0.542. The fourth-order valence-electron chi connectivity index (χ4n) is 1.76. The number of benzene rings is 1. The molecule has 106 valence electrons. The van der Waals surface area contributed by atoms with E-state index in [1.54, 1.807) is 26.2 Å². The third-order valence-corrected chi connectivity index (χ3v) is 2.84. The van der Waals surface area contributed by atoms with Crippen molar-refractivity contribution in [2.24, 2.45) is 0 Å². The quantitative estimate of drug-likeness (QED) is 0.812. The third-order valence-electron chi connectivity index (χ3n) is 2.84. The number of amides is 1. The summed E-state index contributed by atoms with van der Waals surface area (Å²) in [5, 5.41) is 8.71. The Morgan fingerprint density at radius 3 is 2.53 bits per heavy atom. The molecule has 0 radical (unpaired) electrons. The number of aliphatic hydroxyl groups is 1. The summed E-state index contributed by atoms with van der Waals surface area (Å²) in [5.74, 6) is 1.33. The molecule has 0 unspecified atom stereocenters. The fourth-order valence-corrected chi connectivity index (χ4v) is 1.76. The van der Waals surface area contributed by atoms with Crippen LogP contribution in [0.3, 0.4) is 0 Å². The second-order valence-corrected chi connectivity index (χ2v) is 4.27. The Bertz CT molecular complexity index is 420. The largest absolute Gasteiger partial charge is 0.493 e. The molecule has 5 nitrogen and oxygen atoms in total. The molecule has 19 heavy (non-hydrogen) atoms. The molecule has 0 fully saturated rings. The molecule has 0 aromatic heterocycles. The lowest BCUT2D eigenvalue weighted by atomic mass is 10.2. The Kier molecular flexibility index (Phi) is 6.15. The van der Waals surface area contributed by atoms with Crippen LogP contribution in [0.15, 0.2) is 18.2 Å². The average Bonchev–Trinajstić information content (AvgIpc) is 2.44. The van der Waals surface area contributed by atoms with Crippen LogP contribution in [0.2, 0.25) is 0 Å². The van der Waals surface area contributed by atoms with Crippen LogP contribution in [0, 0.1) is 0 Å². The van der Waals surface area contributed by atoms with Crippen LogP contribution in [-0.2, 0) is 11.3 Å². The molecule has 0 aliphatic carbocycles. The minimum absolute atomic E-state index is 0.0174. The normalized spacial score (nSPS) is 10.1. The molecule has 0 saturated carbocycles. The molecule has 0 saturated heterocycles. The molecule has 1 N–H and O–H groups in total. The average molecular weight is 267 g/mol. The summed E-state index contributed by atoms with van der Waals surface area (Å²) in [6.07, 6.45) is 0.857. The van der Waals surface area contributed by atoms with E-state index in [2.05, 4.69) is 0 Å². The molecule has 0 aliphatic heterocycles. The second-order valence-electron chi connectivity index (χ2n) is 4.27. The van der Waals surface area contributed by atoms with Crippen molar-refractivity contribution in [1.82, 2.24) is 4.90 Å². The highest BCUT2D eigenvalue weighted by Gasteiger charge is 2.10. The van der Waals surface area contributed by atoms with E-state index >= 15 is 0 Å².